The van der Waals surface area contributed by atoms with E-state index in [1.165, 1.54) is 0 Å². The Morgan fingerprint density at radius 1 is 1.00 bits per heavy atom. The number of nitrogens with zero attached hydrogens (tertiary/aromatic N) is 1. The molecule has 0 amide bonds. The molecule has 0 radical (unpaired) electrons. The molecule has 0 aromatic heterocycles. The summed E-state index contributed by atoms with van der Waals surface area (Å²) in [6, 6.07) is 3.91. The SMILES string of the molecule is FC(C(F)(F)F)C(F)(F)Oc1ccc(N(Cl)Cl)cc1. The van der Waals surface area contributed by atoms with Gasteiger partial charge in [0.05, 0.1) is 5.69 Å². The molecule has 1 aromatic rings. The molecule has 0 saturated carbocycles. The van der Waals surface area contributed by atoms with Gasteiger partial charge in [0.25, 0.3) is 6.17 Å². The Bertz CT molecular complexity index is 422. The van der Waals surface area contributed by atoms with Crippen molar-refractivity contribution in [1.82, 2.24) is 0 Å². The summed E-state index contributed by atoms with van der Waals surface area (Å²) < 4.78 is 78.1. The normalized spacial score (nSPS) is 14.1. The van der Waals surface area contributed by atoms with Gasteiger partial charge in [-0.15, -0.1) is 0 Å². The first kappa shape index (κ1) is 16.0. The van der Waals surface area contributed by atoms with Crippen LogP contribution in [0.2, 0.25) is 0 Å². The summed E-state index contributed by atoms with van der Waals surface area (Å²) in [5.41, 5.74) is 0.159. The average molecular weight is 328 g/mol. The van der Waals surface area contributed by atoms with Gasteiger partial charge in [-0.2, -0.15) is 25.9 Å². The van der Waals surface area contributed by atoms with Crippen LogP contribution in [0.15, 0.2) is 24.3 Å². The molecule has 0 aliphatic carbocycles. The van der Waals surface area contributed by atoms with Crippen molar-refractivity contribution in [3.63, 3.8) is 0 Å². The molecule has 0 spiro atoms. The molecule has 0 aliphatic rings. The van der Waals surface area contributed by atoms with E-state index in [1.807, 2.05) is 0 Å². The molecule has 1 aromatic carbocycles. The first-order valence-electron chi connectivity index (χ1n) is 4.53. The van der Waals surface area contributed by atoms with E-state index < -0.39 is 24.2 Å². The van der Waals surface area contributed by atoms with Crippen LogP contribution in [0, 0.1) is 0 Å². The summed E-state index contributed by atoms with van der Waals surface area (Å²) in [5, 5.41) is 0. The van der Waals surface area contributed by atoms with Crippen LogP contribution in [0.3, 0.4) is 0 Å². The lowest BCUT2D eigenvalue weighted by Gasteiger charge is -2.23. The topological polar surface area (TPSA) is 12.5 Å². The predicted octanol–water partition coefficient (Wildman–Crippen LogP) is 4.67. The van der Waals surface area contributed by atoms with Crippen LogP contribution >= 0.6 is 23.6 Å². The molecular formula is C9H5Cl2F6NO. The third kappa shape index (κ3) is 4.24. The van der Waals surface area contributed by atoms with Crippen molar-refractivity contribution in [3.05, 3.63) is 24.3 Å². The number of hydrogen-bond donors (Lipinski definition) is 0. The Hall–Kier alpha value is -1.02. The van der Waals surface area contributed by atoms with Crippen LogP contribution in [0.1, 0.15) is 0 Å². The largest absolute Gasteiger partial charge is 0.439 e. The van der Waals surface area contributed by atoms with E-state index in [0.717, 1.165) is 24.3 Å². The zero-order valence-electron chi connectivity index (χ0n) is 8.77. The van der Waals surface area contributed by atoms with E-state index in [-0.39, 0.29) is 5.69 Å². The molecule has 1 rings (SSSR count). The summed E-state index contributed by atoms with van der Waals surface area (Å²) >= 11 is 10.6. The second-order valence-corrected chi connectivity index (χ2v) is 4.14. The number of ether oxygens (including phenoxy) is 1. The maximum absolute atomic E-state index is 12.9. The average Bonchev–Trinajstić information content (AvgIpc) is 2.27. The molecule has 108 valence electrons. The minimum atomic E-state index is -5.73. The van der Waals surface area contributed by atoms with Crippen LogP contribution in [0.4, 0.5) is 32.0 Å². The van der Waals surface area contributed by atoms with E-state index in [9.17, 15) is 26.3 Å². The molecule has 0 heterocycles. The summed E-state index contributed by atoms with van der Waals surface area (Å²) in [5.74, 6) is -0.671. The number of rotatable bonds is 4. The minimum Gasteiger partial charge on any atom is -0.430 e. The van der Waals surface area contributed by atoms with Crippen molar-refractivity contribution in [1.29, 1.82) is 0 Å². The minimum absolute atomic E-state index is 0.159. The first-order valence-corrected chi connectivity index (χ1v) is 5.21. The van der Waals surface area contributed by atoms with Gasteiger partial charge in [-0.1, -0.05) is 0 Å². The molecular weight excluding hydrogens is 323 g/mol. The molecule has 10 heteroatoms. The third-order valence-corrected chi connectivity index (χ3v) is 2.26. The zero-order valence-corrected chi connectivity index (χ0v) is 10.3. The second kappa shape index (κ2) is 5.54. The number of hydrogen-bond acceptors (Lipinski definition) is 2. The maximum atomic E-state index is 12.9. The van der Waals surface area contributed by atoms with Crippen LogP contribution in [0.5, 0.6) is 5.75 Å². The quantitative estimate of drug-likeness (QED) is 0.588. The Kier molecular flexibility index (Phi) is 4.67. The highest BCUT2D eigenvalue weighted by molar-refractivity contribution is 6.49. The van der Waals surface area contributed by atoms with Gasteiger partial charge in [0, 0.05) is 23.6 Å². The zero-order chi connectivity index (χ0) is 14.8. The molecule has 0 bridgehead atoms. The smallest absolute Gasteiger partial charge is 0.430 e. The van der Waals surface area contributed by atoms with Crippen LogP contribution in [-0.2, 0) is 0 Å². The van der Waals surface area contributed by atoms with E-state index in [0.29, 0.717) is 3.94 Å². The van der Waals surface area contributed by atoms with Crippen LogP contribution in [-0.4, -0.2) is 18.5 Å². The van der Waals surface area contributed by atoms with Gasteiger partial charge in [0.1, 0.15) is 5.75 Å². The van der Waals surface area contributed by atoms with E-state index in [1.54, 1.807) is 0 Å². The lowest BCUT2D eigenvalue weighted by Crippen LogP contribution is -2.45. The lowest BCUT2D eigenvalue weighted by molar-refractivity contribution is -0.304. The lowest BCUT2D eigenvalue weighted by atomic mass is 10.3. The fraction of sp³-hybridized carbons (Fsp3) is 0.333. The molecule has 2 nitrogen and oxygen atoms in total. The van der Waals surface area contributed by atoms with Gasteiger partial charge in [-0.05, 0) is 24.3 Å². The Balaban J connectivity index is 2.83. The summed E-state index contributed by atoms with van der Waals surface area (Å²) in [4.78, 5) is 0. The van der Waals surface area contributed by atoms with Crippen LogP contribution in [0.25, 0.3) is 0 Å². The molecule has 19 heavy (non-hydrogen) atoms. The van der Waals surface area contributed by atoms with Gasteiger partial charge in [0.15, 0.2) is 0 Å². The van der Waals surface area contributed by atoms with Gasteiger partial charge in [0.2, 0.25) is 0 Å². The summed E-state index contributed by atoms with van der Waals surface area (Å²) in [6.07, 6.45) is -15.2. The van der Waals surface area contributed by atoms with Crippen molar-refractivity contribution < 1.29 is 31.1 Å². The number of anilines is 1. The fourth-order valence-corrected chi connectivity index (χ4v) is 1.25. The Labute approximate surface area is 113 Å². The number of benzene rings is 1. The summed E-state index contributed by atoms with van der Waals surface area (Å²) in [7, 11) is 0. The molecule has 0 N–H and O–H groups in total. The first-order chi connectivity index (χ1) is 8.54. The van der Waals surface area contributed by atoms with Gasteiger partial charge in [-0.3, -0.25) is 0 Å². The highest BCUT2D eigenvalue weighted by atomic mass is 35.5. The molecule has 1 unspecified atom stereocenters. The summed E-state index contributed by atoms with van der Waals surface area (Å²) in [6.45, 7) is 0. The standard InChI is InChI=1S/C9H5Cl2F6NO/c10-18(11)5-1-3-6(4-2-5)19-9(16,17)7(12)8(13,14)15/h1-4,7H. The van der Waals surface area contributed by atoms with E-state index in [2.05, 4.69) is 4.74 Å². The Morgan fingerprint density at radius 3 is 1.84 bits per heavy atom. The Morgan fingerprint density at radius 2 is 1.47 bits per heavy atom. The van der Waals surface area contributed by atoms with Crippen molar-refractivity contribution in [2.24, 2.45) is 0 Å². The number of halogens is 8. The second-order valence-electron chi connectivity index (χ2n) is 3.29. The monoisotopic (exact) mass is 327 g/mol. The fourth-order valence-electron chi connectivity index (χ4n) is 1.03. The predicted molar refractivity (Wildman–Crippen MR) is 57.2 cm³/mol. The molecule has 0 saturated heterocycles. The van der Waals surface area contributed by atoms with Gasteiger partial charge < -0.3 is 4.74 Å². The molecule has 0 aliphatic heterocycles. The van der Waals surface area contributed by atoms with Crippen LogP contribution < -0.4 is 8.67 Å². The van der Waals surface area contributed by atoms with Crippen molar-refractivity contribution in [2.45, 2.75) is 18.5 Å². The van der Waals surface area contributed by atoms with Crippen molar-refractivity contribution >= 4 is 29.2 Å². The van der Waals surface area contributed by atoms with Gasteiger partial charge in [-0.25, -0.2) is 4.39 Å². The highest BCUT2D eigenvalue weighted by Crippen LogP contribution is 2.36. The van der Waals surface area contributed by atoms with E-state index in [4.69, 9.17) is 23.6 Å². The van der Waals surface area contributed by atoms with Crippen molar-refractivity contribution in [3.8, 4) is 5.75 Å². The third-order valence-electron chi connectivity index (χ3n) is 1.87. The molecule has 1 atom stereocenters. The van der Waals surface area contributed by atoms with Gasteiger partial charge >= 0.3 is 12.3 Å². The van der Waals surface area contributed by atoms with Crippen molar-refractivity contribution in [2.75, 3.05) is 3.94 Å². The number of alkyl halides is 6. The molecule has 0 fully saturated rings. The van der Waals surface area contributed by atoms with E-state index >= 15 is 0 Å². The maximum Gasteiger partial charge on any atom is 0.439 e. The highest BCUT2D eigenvalue weighted by Gasteiger charge is 2.59.